The van der Waals surface area contributed by atoms with Crippen molar-refractivity contribution in [2.45, 2.75) is 6.92 Å². The Bertz CT molecular complexity index is 1310. The molecule has 0 amide bonds. The van der Waals surface area contributed by atoms with E-state index >= 15 is 0 Å². The second kappa shape index (κ2) is 8.94. The van der Waals surface area contributed by atoms with Crippen molar-refractivity contribution >= 4 is 22.7 Å². The molecule has 5 heteroatoms. The number of hydrogen-bond acceptors (Lipinski definition) is 5. The molecule has 0 unspecified atom stereocenters. The van der Waals surface area contributed by atoms with Crippen LogP contribution < -0.4 is 9.47 Å². The molecule has 32 heavy (non-hydrogen) atoms. The molecular formula is C27H22O5. The summed E-state index contributed by atoms with van der Waals surface area (Å²) in [6.45, 7) is 1.33. The molecule has 0 heterocycles. The van der Waals surface area contributed by atoms with Gasteiger partial charge in [0, 0.05) is 17.9 Å². The first-order valence-corrected chi connectivity index (χ1v) is 10.1. The van der Waals surface area contributed by atoms with E-state index in [1.54, 1.807) is 13.2 Å². The Morgan fingerprint density at radius 1 is 0.719 bits per heavy atom. The van der Waals surface area contributed by atoms with Crippen molar-refractivity contribution < 1.29 is 23.8 Å². The Morgan fingerprint density at radius 2 is 1.47 bits per heavy atom. The van der Waals surface area contributed by atoms with E-state index in [2.05, 4.69) is 0 Å². The Morgan fingerprint density at radius 3 is 2.16 bits per heavy atom. The van der Waals surface area contributed by atoms with E-state index in [-0.39, 0.29) is 0 Å². The fraction of sp³-hybridized carbons (Fsp3) is 0.111. The summed E-state index contributed by atoms with van der Waals surface area (Å²) in [6.07, 6.45) is 0. The molecule has 0 saturated heterocycles. The van der Waals surface area contributed by atoms with Crippen LogP contribution in [0.3, 0.4) is 0 Å². The number of carbonyl (C=O) groups is 2. The van der Waals surface area contributed by atoms with Crippen molar-refractivity contribution in [2.75, 3.05) is 14.2 Å². The summed E-state index contributed by atoms with van der Waals surface area (Å²) in [5.74, 6) is -0.0274. The highest BCUT2D eigenvalue weighted by molar-refractivity contribution is 6.11. The number of rotatable bonds is 5. The van der Waals surface area contributed by atoms with Crippen molar-refractivity contribution in [1.29, 1.82) is 0 Å². The normalized spacial score (nSPS) is 10.6. The van der Waals surface area contributed by atoms with Crippen molar-refractivity contribution in [3.8, 4) is 33.8 Å². The lowest BCUT2D eigenvalue weighted by Crippen LogP contribution is -2.08. The lowest BCUT2D eigenvalue weighted by molar-refractivity contribution is -0.131. The van der Waals surface area contributed by atoms with E-state index in [4.69, 9.17) is 14.2 Å². The number of ether oxygens (including phenoxy) is 3. The number of carbonyl (C=O) groups excluding carboxylic acids is 2. The molecule has 4 rings (SSSR count). The molecule has 0 N–H and O–H groups in total. The monoisotopic (exact) mass is 426 g/mol. The first-order valence-electron chi connectivity index (χ1n) is 10.1. The summed E-state index contributed by atoms with van der Waals surface area (Å²) in [7, 11) is 2.92. The number of esters is 2. The summed E-state index contributed by atoms with van der Waals surface area (Å²) < 4.78 is 15.9. The van der Waals surface area contributed by atoms with Crippen LogP contribution in [0.2, 0.25) is 0 Å². The van der Waals surface area contributed by atoms with Gasteiger partial charge in [0.05, 0.1) is 19.8 Å². The first kappa shape index (κ1) is 21.1. The van der Waals surface area contributed by atoms with Crippen LogP contribution in [0, 0.1) is 0 Å². The summed E-state index contributed by atoms with van der Waals surface area (Å²) in [6, 6.07) is 24.8. The molecular weight excluding hydrogens is 404 g/mol. The van der Waals surface area contributed by atoms with Gasteiger partial charge in [-0.3, -0.25) is 4.79 Å². The number of hydrogen-bond donors (Lipinski definition) is 0. The molecule has 0 aromatic heterocycles. The summed E-state index contributed by atoms with van der Waals surface area (Å²) in [4.78, 5) is 24.6. The molecule has 0 fully saturated rings. The van der Waals surface area contributed by atoms with Crippen molar-refractivity contribution in [1.82, 2.24) is 0 Å². The Kier molecular flexibility index (Phi) is 5.90. The molecule has 0 aliphatic rings. The van der Waals surface area contributed by atoms with Gasteiger partial charge in [0.15, 0.2) is 0 Å². The van der Waals surface area contributed by atoms with E-state index < -0.39 is 11.9 Å². The molecule has 0 saturated carbocycles. The van der Waals surface area contributed by atoms with Crippen molar-refractivity contribution in [3.63, 3.8) is 0 Å². The fourth-order valence-corrected chi connectivity index (χ4v) is 3.80. The fourth-order valence-electron chi connectivity index (χ4n) is 3.80. The van der Waals surface area contributed by atoms with Gasteiger partial charge in [-0.05, 0) is 46.3 Å². The SMILES string of the molecule is COC(=O)c1cc(OC(C)=O)c2cc(-c3ccccc3)ccc2c1-c1cccc(OC)c1. The number of benzene rings is 4. The maximum absolute atomic E-state index is 12.7. The molecule has 4 aromatic rings. The van der Waals surface area contributed by atoms with E-state index in [9.17, 15) is 9.59 Å². The number of fused-ring (bicyclic) bond motifs is 1. The predicted octanol–water partition coefficient (Wildman–Crippen LogP) is 5.89. The van der Waals surface area contributed by atoms with Crippen LogP contribution in [0.1, 0.15) is 17.3 Å². The molecule has 4 aromatic carbocycles. The highest BCUT2D eigenvalue weighted by atomic mass is 16.5. The molecule has 5 nitrogen and oxygen atoms in total. The van der Waals surface area contributed by atoms with E-state index in [0.717, 1.165) is 22.1 Å². The van der Waals surface area contributed by atoms with Crippen LogP contribution in [0.5, 0.6) is 11.5 Å². The average Bonchev–Trinajstić information content (AvgIpc) is 2.83. The molecule has 0 spiro atoms. The average molecular weight is 426 g/mol. The third kappa shape index (κ3) is 4.05. The zero-order chi connectivity index (χ0) is 22.7. The van der Waals surface area contributed by atoms with Crippen LogP contribution in [-0.2, 0) is 9.53 Å². The third-order valence-electron chi connectivity index (χ3n) is 5.22. The zero-order valence-corrected chi connectivity index (χ0v) is 18.0. The zero-order valence-electron chi connectivity index (χ0n) is 18.0. The topological polar surface area (TPSA) is 61.8 Å². The van der Waals surface area contributed by atoms with Gasteiger partial charge in [-0.2, -0.15) is 0 Å². The Balaban J connectivity index is 2.07. The highest BCUT2D eigenvalue weighted by Crippen LogP contribution is 2.41. The minimum Gasteiger partial charge on any atom is -0.497 e. The maximum atomic E-state index is 12.7. The smallest absolute Gasteiger partial charge is 0.338 e. The van der Waals surface area contributed by atoms with Gasteiger partial charge < -0.3 is 14.2 Å². The van der Waals surface area contributed by atoms with Gasteiger partial charge in [0.2, 0.25) is 0 Å². The van der Waals surface area contributed by atoms with Gasteiger partial charge in [0.25, 0.3) is 0 Å². The van der Waals surface area contributed by atoms with E-state index in [0.29, 0.717) is 28.0 Å². The van der Waals surface area contributed by atoms with Gasteiger partial charge in [-0.15, -0.1) is 0 Å². The van der Waals surface area contributed by atoms with Crippen LogP contribution in [0.25, 0.3) is 33.0 Å². The van der Waals surface area contributed by atoms with Gasteiger partial charge in [-0.1, -0.05) is 54.6 Å². The van der Waals surface area contributed by atoms with Crippen LogP contribution in [-0.4, -0.2) is 26.2 Å². The molecule has 0 aliphatic carbocycles. The van der Waals surface area contributed by atoms with Gasteiger partial charge in [-0.25, -0.2) is 4.79 Å². The second-order valence-electron chi connectivity index (χ2n) is 7.24. The third-order valence-corrected chi connectivity index (χ3v) is 5.22. The van der Waals surface area contributed by atoms with Crippen molar-refractivity contribution in [3.05, 3.63) is 84.4 Å². The molecule has 0 radical (unpaired) electrons. The maximum Gasteiger partial charge on any atom is 0.338 e. The lowest BCUT2D eigenvalue weighted by Gasteiger charge is -2.17. The molecule has 0 aliphatic heterocycles. The quantitative estimate of drug-likeness (QED) is 0.294. The predicted molar refractivity (Wildman–Crippen MR) is 124 cm³/mol. The summed E-state index contributed by atoms with van der Waals surface area (Å²) in [5.41, 5.74) is 3.77. The van der Waals surface area contributed by atoms with Gasteiger partial charge in [0.1, 0.15) is 11.5 Å². The standard InChI is InChI=1S/C27H22O5/c1-17(28)32-25-16-24(27(29)31-3)26(20-10-7-11-21(14-20)30-2)22-13-12-19(15-23(22)25)18-8-5-4-6-9-18/h4-16H,1-3H3. The Labute approximate surface area is 186 Å². The lowest BCUT2D eigenvalue weighted by atomic mass is 9.90. The minimum atomic E-state index is -0.523. The molecule has 0 bridgehead atoms. The minimum absolute atomic E-state index is 0.303. The van der Waals surface area contributed by atoms with E-state index in [1.165, 1.54) is 14.0 Å². The summed E-state index contributed by atoms with van der Waals surface area (Å²) >= 11 is 0. The van der Waals surface area contributed by atoms with Crippen molar-refractivity contribution in [2.24, 2.45) is 0 Å². The first-order chi connectivity index (χ1) is 15.5. The van der Waals surface area contributed by atoms with Crippen LogP contribution >= 0.6 is 0 Å². The largest absolute Gasteiger partial charge is 0.497 e. The highest BCUT2D eigenvalue weighted by Gasteiger charge is 2.22. The molecule has 160 valence electrons. The van der Waals surface area contributed by atoms with E-state index in [1.807, 2.05) is 72.8 Å². The van der Waals surface area contributed by atoms with Crippen LogP contribution in [0.4, 0.5) is 0 Å². The van der Waals surface area contributed by atoms with Crippen LogP contribution in [0.15, 0.2) is 78.9 Å². The second-order valence-corrected chi connectivity index (χ2v) is 7.24. The Hall–Kier alpha value is -4.12. The molecule has 0 atom stereocenters. The summed E-state index contributed by atoms with van der Waals surface area (Å²) in [5, 5.41) is 1.48. The number of methoxy groups -OCH3 is 2. The van der Waals surface area contributed by atoms with Gasteiger partial charge >= 0.3 is 11.9 Å².